The van der Waals surface area contributed by atoms with Gasteiger partial charge in [0.05, 0.1) is 19.7 Å². The number of rotatable bonds is 6. The number of hydrogen-bond acceptors (Lipinski definition) is 4. The number of aryl methyl sites for hydroxylation is 1. The second-order valence-electron chi connectivity index (χ2n) is 4.92. The summed E-state index contributed by atoms with van der Waals surface area (Å²) >= 11 is 0. The number of methoxy groups -OCH3 is 1. The summed E-state index contributed by atoms with van der Waals surface area (Å²) < 4.78 is 6.52. The minimum atomic E-state index is -0.133. The predicted octanol–water partition coefficient (Wildman–Crippen LogP) is 1.91. The van der Waals surface area contributed by atoms with Crippen LogP contribution < -0.4 is 15.6 Å². The summed E-state index contributed by atoms with van der Waals surface area (Å²) in [7, 11) is 1.54. The summed E-state index contributed by atoms with van der Waals surface area (Å²) in [5.41, 5.74) is 2.21. The molecule has 1 heterocycles. The van der Waals surface area contributed by atoms with Crippen molar-refractivity contribution in [3.05, 3.63) is 57.9 Å². The average Bonchev–Trinajstić information content (AvgIpc) is 2.49. The van der Waals surface area contributed by atoms with Crippen LogP contribution in [0.2, 0.25) is 0 Å². The van der Waals surface area contributed by atoms with Crippen LogP contribution in [0.4, 0.5) is 0 Å². The molecule has 0 aliphatic heterocycles. The fraction of sp³-hybridized carbons (Fsp3) is 0.375. The molecule has 0 amide bonds. The van der Waals surface area contributed by atoms with Crippen molar-refractivity contribution >= 4 is 0 Å². The predicted molar refractivity (Wildman–Crippen MR) is 82.6 cm³/mol. The maximum Gasteiger partial charge on any atom is 0.267 e. The Kier molecular flexibility index (Phi) is 5.11. The first-order valence-corrected chi connectivity index (χ1v) is 7.06. The van der Waals surface area contributed by atoms with Gasteiger partial charge in [-0.15, -0.1) is 5.10 Å². The van der Waals surface area contributed by atoms with Gasteiger partial charge in [0.15, 0.2) is 0 Å². The normalized spacial score (nSPS) is 12.1. The molecule has 5 nitrogen and oxygen atoms in total. The molecule has 21 heavy (non-hydrogen) atoms. The zero-order valence-electron chi connectivity index (χ0n) is 12.7. The van der Waals surface area contributed by atoms with Crippen LogP contribution in [-0.4, -0.2) is 23.4 Å². The van der Waals surface area contributed by atoms with E-state index < -0.39 is 0 Å². The van der Waals surface area contributed by atoms with Crippen molar-refractivity contribution in [2.24, 2.45) is 0 Å². The van der Waals surface area contributed by atoms with E-state index >= 15 is 0 Å². The van der Waals surface area contributed by atoms with Crippen LogP contribution in [0, 0.1) is 6.92 Å². The Hall–Kier alpha value is -2.14. The summed E-state index contributed by atoms with van der Waals surface area (Å²) in [6.45, 7) is 5.39. The van der Waals surface area contributed by atoms with E-state index in [1.54, 1.807) is 13.2 Å². The van der Waals surface area contributed by atoms with Crippen LogP contribution in [0.25, 0.3) is 0 Å². The quantitative estimate of drug-likeness (QED) is 0.882. The first-order chi connectivity index (χ1) is 10.1. The molecule has 0 aliphatic carbocycles. The van der Waals surface area contributed by atoms with Crippen molar-refractivity contribution in [2.75, 3.05) is 13.7 Å². The van der Waals surface area contributed by atoms with Crippen molar-refractivity contribution in [2.45, 2.75) is 26.4 Å². The van der Waals surface area contributed by atoms with Gasteiger partial charge >= 0.3 is 0 Å². The van der Waals surface area contributed by atoms with Gasteiger partial charge in [-0.3, -0.25) is 4.79 Å². The first-order valence-electron chi connectivity index (χ1n) is 7.06. The van der Waals surface area contributed by atoms with Crippen LogP contribution in [0.1, 0.15) is 24.1 Å². The second-order valence-corrected chi connectivity index (χ2v) is 4.92. The topological polar surface area (TPSA) is 56.1 Å². The van der Waals surface area contributed by atoms with E-state index in [9.17, 15) is 4.79 Å². The Labute approximate surface area is 124 Å². The number of nitrogens with one attached hydrogen (secondary N) is 1. The summed E-state index contributed by atoms with van der Waals surface area (Å²) in [6, 6.07) is 11.4. The minimum Gasteiger partial charge on any atom is -0.480 e. The highest BCUT2D eigenvalue weighted by Crippen LogP contribution is 2.16. The Balaban J connectivity index is 2.30. The molecule has 112 valence electrons. The maximum atomic E-state index is 11.9. The Morgan fingerprint density at radius 2 is 2.14 bits per heavy atom. The summed E-state index contributed by atoms with van der Waals surface area (Å²) in [5, 5.41) is 7.60. The molecule has 0 bridgehead atoms. The van der Waals surface area contributed by atoms with Crippen LogP contribution in [0.15, 0.2) is 41.2 Å². The highest BCUT2D eigenvalue weighted by atomic mass is 16.5. The average molecular weight is 287 g/mol. The Bertz CT molecular complexity index is 652. The van der Waals surface area contributed by atoms with Crippen LogP contribution in [-0.2, 0) is 6.54 Å². The SMILES string of the molecule is CCNC(Cn1nc(OC)ccc1=O)c1cccc(C)c1. The second kappa shape index (κ2) is 7.04. The molecule has 0 saturated heterocycles. The van der Waals surface area contributed by atoms with E-state index in [4.69, 9.17) is 4.74 Å². The monoisotopic (exact) mass is 287 g/mol. The number of ether oxygens (including phenoxy) is 1. The first kappa shape index (κ1) is 15.3. The van der Waals surface area contributed by atoms with E-state index in [1.807, 2.05) is 13.0 Å². The Morgan fingerprint density at radius 1 is 1.33 bits per heavy atom. The van der Waals surface area contributed by atoms with Gasteiger partial charge in [-0.25, -0.2) is 4.68 Å². The molecule has 1 unspecified atom stereocenters. The molecule has 0 saturated carbocycles. The number of nitrogens with zero attached hydrogens (tertiary/aromatic N) is 2. The number of benzene rings is 1. The lowest BCUT2D eigenvalue weighted by Crippen LogP contribution is -2.31. The highest BCUT2D eigenvalue weighted by molar-refractivity contribution is 5.25. The lowest BCUT2D eigenvalue weighted by atomic mass is 10.0. The van der Waals surface area contributed by atoms with Gasteiger partial charge in [-0.05, 0) is 19.0 Å². The third-order valence-corrected chi connectivity index (χ3v) is 3.30. The molecule has 2 rings (SSSR count). The van der Waals surface area contributed by atoms with Gasteiger partial charge in [0, 0.05) is 12.1 Å². The molecule has 0 radical (unpaired) electrons. The van der Waals surface area contributed by atoms with Crippen molar-refractivity contribution < 1.29 is 4.74 Å². The molecule has 1 aromatic heterocycles. The van der Waals surface area contributed by atoms with Crippen molar-refractivity contribution in [3.63, 3.8) is 0 Å². The van der Waals surface area contributed by atoms with Gasteiger partial charge < -0.3 is 10.1 Å². The zero-order valence-corrected chi connectivity index (χ0v) is 12.7. The third-order valence-electron chi connectivity index (χ3n) is 3.30. The van der Waals surface area contributed by atoms with Gasteiger partial charge in [0.2, 0.25) is 5.88 Å². The van der Waals surface area contributed by atoms with E-state index in [0.717, 1.165) is 12.1 Å². The van der Waals surface area contributed by atoms with Crippen molar-refractivity contribution in [1.82, 2.24) is 15.1 Å². The molecular formula is C16H21N3O2. The zero-order chi connectivity index (χ0) is 15.2. The van der Waals surface area contributed by atoms with E-state index in [0.29, 0.717) is 12.4 Å². The van der Waals surface area contributed by atoms with Gasteiger partial charge in [0.1, 0.15) is 0 Å². The van der Waals surface area contributed by atoms with Crippen molar-refractivity contribution in [1.29, 1.82) is 0 Å². The minimum absolute atomic E-state index is 0.0345. The van der Waals surface area contributed by atoms with Gasteiger partial charge in [-0.1, -0.05) is 36.8 Å². The lowest BCUT2D eigenvalue weighted by molar-refractivity contribution is 0.361. The summed E-state index contributed by atoms with van der Waals surface area (Å²) in [6.07, 6.45) is 0. The van der Waals surface area contributed by atoms with Crippen LogP contribution in [0.5, 0.6) is 5.88 Å². The molecule has 2 aromatic rings. The number of hydrogen-bond donors (Lipinski definition) is 1. The van der Waals surface area contributed by atoms with E-state index in [2.05, 4.69) is 35.5 Å². The number of likely N-dealkylation sites (N-methyl/N-ethyl adjacent to an activating group) is 1. The Morgan fingerprint density at radius 3 is 2.81 bits per heavy atom. The fourth-order valence-electron chi connectivity index (χ4n) is 2.26. The third kappa shape index (κ3) is 3.92. The lowest BCUT2D eigenvalue weighted by Gasteiger charge is -2.19. The van der Waals surface area contributed by atoms with E-state index in [1.165, 1.54) is 16.3 Å². The van der Waals surface area contributed by atoms with Crippen LogP contribution >= 0.6 is 0 Å². The molecule has 0 fully saturated rings. The smallest absolute Gasteiger partial charge is 0.267 e. The van der Waals surface area contributed by atoms with E-state index in [-0.39, 0.29) is 11.6 Å². The van der Waals surface area contributed by atoms with Crippen molar-refractivity contribution in [3.8, 4) is 5.88 Å². The molecule has 0 aliphatic rings. The molecule has 5 heteroatoms. The number of aromatic nitrogens is 2. The highest BCUT2D eigenvalue weighted by Gasteiger charge is 2.13. The molecular weight excluding hydrogens is 266 g/mol. The van der Waals surface area contributed by atoms with Gasteiger partial charge in [0.25, 0.3) is 5.56 Å². The molecule has 1 aromatic carbocycles. The fourth-order valence-corrected chi connectivity index (χ4v) is 2.26. The summed E-state index contributed by atoms with van der Waals surface area (Å²) in [4.78, 5) is 11.9. The molecule has 1 atom stereocenters. The maximum absolute atomic E-state index is 11.9. The molecule has 0 spiro atoms. The largest absolute Gasteiger partial charge is 0.480 e. The van der Waals surface area contributed by atoms with Gasteiger partial charge in [-0.2, -0.15) is 0 Å². The molecule has 1 N–H and O–H groups in total. The summed E-state index contributed by atoms with van der Waals surface area (Å²) in [5.74, 6) is 0.439. The standard InChI is InChI=1S/C16H21N3O2/c1-4-17-14(13-7-5-6-12(2)10-13)11-19-16(20)9-8-15(18-19)21-3/h5-10,14,17H,4,11H2,1-3H3. The van der Waals surface area contributed by atoms with Crippen LogP contribution in [0.3, 0.4) is 0 Å².